The maximum absolute atomic E-state index is 12.7. The van der Waals surface area contributed by atoms with Crippen molar-refractivity contribution in [3.63, 3.8) is 0 Å². The summed E-state index contributed by atoms with van der Waals surface area (Å²) >= 11 is 0. The summed E-state index contributed by atoms with van der Waals surface area (Å²) in [4.78, 5) is 25.3. The molecule has 1 N–H and O–H groups in total. The molecule has 0 unspecified atom stereocenters. The minimum Gasteiger partial charge on any atom is -0.351 e. The molecule has 0 aromatic heterocycles. The van der Waals surface area contributed by atoms with Gasteiger partial charge in [-0.3, -0.25) is 9.59 Å². The van der Waals surface area contributed by atoms with E-state index < -0.39 is 11.7 Å². The zero-order chi connectivity index (χ0) is 16.6. The van der Waals surface area contributed by atoms with Crippen LogP contribution >= 0.6 is 0 Å². The Morgan fingerprint density at radius 3 is 2.87 bits per heavy atom. The molecule has 2 heterocycles. The van der Waals surface area contributed by atoms with Crippen LogP contribution in [0.3, 0.4) is 0 Å². The molecule has 0 aliphatic carbocycles. The van der Waals surface area contributed by atoms with Gasteiger partial charge in [0.1, 0.15) is 0 Å². The van der Waals surface area contributed by atoms with Crippen LogP contribution in [0, 0.1) is 5.92 Å². The van der Waals surface area contributed by atoms with Crippen molar-refractivity contribution in [1.29, 1.82) is 0 Å². The molecule has 2 fully saturated rings. The average Bonchev–Trinajstić information content (AvgIpc) is 2.85. The molecule has 0 saturated carbocycles. The van der Waals surface area contributed by atoms with Gasteiger partial charge < -0.3 is 10.2 Å². The van der Waals surface area contributed by atoms with E-state index in [1.165, 1.54) is 12.1 Å². The van der Waals surface area contributed by atoms with Crippen molar-refractivity contribution >= 4 is 11.8 Å². The molecule has 124 valence electrons. The van der Waals surface area contributed by atoms with E-state index in [1.807, 2.05) is 0 Å². The topological polar surface area (TPSA) is 49.4 Å². The molecule has 0 bridgehead atoms. The molecule has 2 aliphatic heterocycles. The number of carbonyl (C=O) groups excluding carboxylic acids is 2. The standard InChI is InChI=1S/C16H17F3N2O2/c17-16(18,19)12-3-1-2-10(6-12)7-15(23)21-5-4-11-8-14(22)20-13(11)9-21/h1-3,6,11,13H,4-5,7-9H2,(H,20,22)/t11-,13-/m1/s1. The minimum absolute atomic E-state index is 0.00665. The predicted molar refractivity (Wildman–Crippen MR) is 76.4 cm³/mol. The third kappa shape index (κ3) is 3.48. The van der Waals surface area contributed by atoms with E-state index >= 15 is 0 Å². The van der Waals surface area contributed by atoms with Gasteiger partial charge in [-0.15, -0.1) is 0 Å². The van der Waals surface area contributed by atoms with Crippen LogP contribution in [0.25, 0.3) is 0 Å². The molecule has 2 atom stereocenters. The predicted octanol–water partition coefficient (Wildman–Crippen LogP) is 1.98. The number of rotatable bonds is 2. The number of carbonyl (C=O) groups is 2. The summed E-state index contributed by atoms with van der Waals surface area (Å²) in [6.07, 6.45) is -3.22. The molecule has 2 saturated heterocycles. The Balaban J connectivity index is 1.65. The number of hydrogen-bond acceptors (Lipinski definition) is 2. The normalized spacial score (nSPS) is 24.3. The first kappa shape index (κ1) is 15.8. The second kappa shape index (κ2) is 5.86. The van der Waals surface area contributed by atoms with Crippen molar-refractivity contribution in [2.75, 3.05) is 13.1 Å². The molecule has 23 heavy (non-hydrogen) atoms. The minimum atomic E-state index is -4.41. The van der Waals surface area contributed by atoms with Crippen LogP contribution in [0.5, 0.6) is 0 Å². The van der Waals surface area contributed by atoms with E-state index in [0.29, 0.717) is 25.1 Å². The monoisotopic (exact) mass is 326 g/mol. The largest absolute Gasteiger partial charge is 0.416 e. The number of likely N-dealkylation sites (tertiary alicyclic amines) is 1. The number of alkyl halides is 3. The second-order valence-electron chi connectivity index (χ2n) is 6.14. The fourth-order valence-corrected chi connectivity index (χ4v) is 3.28. The molecular formula is C16H17F3N2O2. The highest BCUT2D eigenvalue weighted by atomic mass is 19.4. The fraction of sp³-hybridized carbons (Fsp3) is 0.500. The van der Waals surface area contributed by atoms with Gasteiger partial charge in [0.05, 0.1) is 12.0 Å². The van der Waals surface area contributed by atoms with Crippen molar-refractivity contribution in [3.8, 4) is 0 Å². The molecule has 1 aromatic carbocycles. The average molecular weight is 326 g/mol. The Labute approximate surface area is 131 Å². The SMILES string of the molecule is O=C1C[C@H]2CCN(C(=O)Cc3cccc(C(F)(F)F)c3)C[C@H]2N1. The molecule has 7 heteroatoms. The number of nitrogens with zero attached hydrogens (tertiary/aromatic N) is 1. The maximum Gasteiger partial charge on any atom is 0.416 e. The van der Waals surface area contributed by atoms with Gasteiger partial charge in [0.2, 0.25) is 11.8 Å². The van der Waals surface area contributed by atoms with Crippen LogP contribution in [0.1, 0.15) is 24.0 Å². The quantitative estimate of drug-likeness (QED) is 0.903. The summed E-state index contributed by atoms with van der Waals surface area (Å²) in [5.41, 5.74) is -0.396. The summed E-state index contributed by atoms with van der Waals surface area (Å²) in [5, 5.41) is 2.85. The van der Waals surface area contributed by atoms with E-state index in [-0.39, 0.29) is 30.2 Å². The Morgan fingerprint density at radius 1 is 1.35 bits per heavy atom. The van der Waals surface area contributed by atoms with Gasteiger partial charge in [0, 0.05) is 25.6 Å². The number of benzene rings is 1. The Bertz CT molecular complexity index is 630. The van der Waals surface area contributed by atoms with Crippen LogP contribution in [0.15, 0.2) is 24.3 Å². The number of amides is 2. The first-order chi connectivity index (χ1) is 10.8. The second-order valence-corrected chi connectivity index (χ2v) is 6.14. The summed E-state index contributed by atoms with van der Waals surface area (Å²) in [6.45, 7) is 0.988. The third-order valence-corrected chi connectivity index (χ3v) is 4.51. The van der Waals surface area contributed by atoms with Gasteiger partial charge in [-0.05, 0) is 24.0 Å². The summed E-state index contributed by atoms with van der Waals surface area (Å²) in [5.74, 6) is 0.0659. The molecule has 2 aliphatic rings. The third-order valence-electron chi connectivity index (χ3n) is 4.51. The lowest BCUT2D eigenvalue weighted by molar-refractivity contribution is -0.138. The van der Waals surface area contributed by atoms with Crippen LogP contribution < -0.4 is 5.32 Å². The number of hydrogen-bond donors (Lipinski definition) is 1. The van der Waals surface area contributed by atoms with Gasteiger partial charge >= 0.3 is 6.18 Å². The van der Waals surface area contributed by atoms with Gasteiger partial charge in [0.25, 0.3) is 0 Å². The highest BCUT2D eigenvalue weighted by Crippen LogP contribution is 2.30. The lowest BCUT2D eigenvalue weighted by Gasteiger charge is -2.34. The van der Waals surface area contributed by atoms with Crippen LogP contribution in [0.2, 0.25) is 0 Å². The zero-order valence-electron chi connectivity index (χ0n) is 12.4. The molecule has 3 rings (SSSR count). The fourth-order valence-electron chi connectivity index (χ4n) is 3.28. The molecule has 0 radical (unpaired) electrons. The lowest BCUT2D eigenvalue weighted by atomic mass is 9.92. The van der Waals surface area contributed by atoms with Crippen molar-refractivity contribution in [1.82, 2.24) is 10.2 Å². The van der Waals surface area contributed by atoms with Gasteiger partial charge in [-0.25, -0.2) is 0 Å². The van der Waals surface area contributed by atoms with Crippen molar-refractivity contribution in [2.24, 2.45) is 5.92 Å². The van der Waals surface area contributed by atoms with Crippen LogP contribution in [0.4, 0.5) is 13.2 Å². The highest BCUT2D eigenvalue weighted by molar-refractivity contribution is 5.81. The zero-order valence-corrected chi connectivity index (χ0v) is 12.4. The van der Waals surface area contributed by atoms with E-state index in [0.717, 1.165) is 18.6 Å². The Kier molecular flexibility index (Phi) is 4.04. The van der Waals surface area contributed by atoms with Crippen LogP contribution in [-0.4, -0.2) is 35.8 Å². The molecule has 4 nitrogen and oxygen atoms in total. The summed E-state index contributed by atoms with van der Waals surface area (Å²) < 4.78 is 38.1. The van der Waals surface area contributed by atoms with Crippen molar-refractivity contribution in [2.45, 2.75) is 31.5 Å². The van der Waals surface area contributed by atoms with Crippen molar-refractivity contribution < 1.29 is 22.8 Å². The number of piperidine rings is 1. The first-order valence-electron chi connectivity index (χ1n) is 7.56. The van der Waals surface area contributed by atoms with E-state index in [1.54, 1.807) is 4.90 Å². The molecule has 2 amide bonds. The summed E-state index contributed by atoms with van der Waals surface area (Å²) in [7, 11) is 0. The van der Waals surface area contributed by atoms with Crippen molar-refractivity contribution in [3.05, 3.63) is 35.4 Å². The number of fused-ring (bicyclic) bond motifs is 1. The van der Waals surface area contributed by atoms with Gasteiger partial charge in [-0.1, -0.05) is 18.2 Å². The smallest absolute Gasteiger partial charge is 0.351 e. The van der Waals surface area contributed by atoms with E-state index in [2.05, 4.69) is 5.32 Å². The summed E-state index contributed by atoms with van der Waals surface area (Å²) in [6, 6.07) is 4.82. The number of nitrogens with one attached hydrogen (secondary N) is 1. The Hall–Kier alpha value is -2.05. The highest BCUT2D eigenvalue weighted by Gasteiger charge is 2.38. The van der Waals surface area contributed by atoms with Gasteiger partial charge in [-0.2, -0.15) is 13.2 Å². The lowest BCUT2D eigenvalue weighted by Crippen LogP contribution is -2.49. The number of halogens is 3. The molecule has 1 aromatic rings. The Morgan fingerprint density at radius 2 is 2.13 bits per heavy atom. The van der Waals surface area contributed by atoms with Gasteiger partial charge in [0.15, 0.2) is 0 Å². The van der Waals surface area contributed by atoms with E-state index in [9.17, 15) is 22.8 Å². The molecule has 0 spiro atoms. The van der Waals surface area contributed by atoms with Crippen LogP contribution in [-0.2, 0) is 22.2 Å². The van der Waals surface area contributed by atoms with E-state index in [4.69, 9.17) is 0 Å². The first-order valence-corrected chi connectivity index (χ1v) is 7.56. The maximum atomic E-state index is 12.7. The molecular weight excluding hydrogens is 309 g/mol.